The third-order valence-corrected chi connectivity index (χ3v) is 5.98. The first-order valence-corrected chi connectivity index (χ1v) is 9.24. The number of likely N-dealkylation sites (tertiary alicyclic amines) is 1. The zero-order chi connectivity index (χ0) is 17.0. The first kappa shape index (κ1) is 14.9. The Morgan fingerprint density at radius 2 is 2.08 bits per heavy atom. The minimum atomic E-state index is 0.0812. The lowest BCUT2D eigenvalue weighted by Crippen LogP contribution is -2.49. The molecule has 5 heterocycles. The van der Waals surface area contributed by atoms with Gasteiger partial charge in [-0.3, -0.25) is 14.3 Å². The lowest BCUT2D eigenvalue weighted by atomic mass is 9.83. The number of aromatic nitrogens is 3. The third-order valence-electron chi connectivity index (χ3n) is 5.98. The highest BCUT2D eigenvalue weighted by atomic mass is 16.2. The summed E-state index contributed by atoms with van der Waals surface area (Å²) in [7, 11) is 0. The zero-order valence-electron chi connectivity index (χ0n) is 14.2. The Morgan fingerprint density at radius 1 is 1.16 bits per heavy atom. The van der Waals surface area contributed by atoms with E-state index in [1.807, 2.05) is 26.3 Å². The molecule has 5 rings (SSSR count). The Hall–Kier alpha value is -2.37. The van der Waals surface area contributed by atoms with Crippen LogP contribution in [0.5, 0.6) is 0 Å². The molecule has 6 nitrogen and oxygen atoms in total. The van der Waals surface area contributed by atoms with Gasteiger partial charge in [-0.05, 0) is 37.7 Å². The Balaban J connectivity index is 1.45. The first-order chi connectivity index (χ1) is 12.2. The summed E-state index contributed by atoms with van der Waals surface area (Å²) in [6.07, 6.45) is 6.04. The van der Waals surface area contributed by atoms with Crippen molar-refractivity contribution in [2.75, 3.05) is 13.1 Å². The van der Waals surface area contributed by atoms with Crippen molar-refractivity contribution in [1.29, 1.82) is 0 Å². The number of fused-ring (bicyclic) bond motifs is 5. The molecule has 0 aromatic carbocycles. The number of hydrogen-bond acceptors (Lipinski definition) is 3. The van der Waals surface area contributed by atoms with Gasteiger partial charge in [0, 0.05) is 43.9 Å². The molecule has 0 N–H and O–H groups in total. The predicted molar refractivity (Wildman–Crippen MR) is 92.6 cm³/mol. The van der Waals surface area contributed by atoms with Gasteiger partial charge < -0.3 is 9.47 Å². The first-order valence-electron chi connectivity index (χ1n) is 9.24. The maximum Gasteiger partial charge on any atom is 0.257 e. The van der Waals surface area contributed by atoms with E-state index in [2.05, 4.69) is 5.10 Å². The SMILES string of the molecule is O=C(c1cnn2c1CCCC2)N1C[C@@H]2C[C@H](C1)c1cccc(=O)n1C2. The fourth-order valence-corrected chi connectivity index (χ4v) is 4.83. The third kappa shape index (κ3) is 2.34. The Bertz CT molecular complexity index is 897. The fraction of sp³-hybridized carbons (Fsp3) is 0.526. The van der Waals surface area contributed by atoms with Gasteiger partial charge in [0.1, 0.15) is 0 Å². The maximum absolute atomic E-state index is 13.1. The topological polar surface area (TPSA) is 60.1 Å². The quantitative estimate of drug-likeness (QED) is 0.794. The predicted octanol–water partition coefficient (Wildman–Crippen LogP) is 1.64. The summed E-state index contributed by atoms with van der Waals surface area (Å²) in [6.45, 7) is 3.08. The van der Waals surface area contributed by atoms with E-state index >= 15 is 0 Å². The Labute approximate surface area is 146 Å². The molecule has 3 aliphatic heterocycles. The monoisotopic (exact) mass is 338 g/mol. The number of hydrogen-bond donors (Lipinski definition) is 0. The van der Waals surface area contributed by atoms with Crippen molar-refractivity contribution in [3.63, 3.8) is 0 Å². The summed E-state index contributed by atoms with van der Waals surface area (Å²) in [6, 6.07) is 5.51. The summed E-state index contributed by atoms with van der Waals surface area (Å²) in [4.78, 5) is 27.3. The molecular formula is C19H22N4O2. The molecular weight excluding hydrogens is 316 g/mol. The van der Waals surface area contributed by atoms with Gasteiger partial charge in [0.05, 0.1) is 17.5 Å². The largest absolute Gasteiger partial charge is 0.338 e. The van der Waals surface area contributed by atoms with Crippen LogP contribution in [-0.2, 0) is 19.5 Å². The summed E-state index contributed by atoms with van der Waals surface area (Å²) < 4.78 is 3.90. The summed E-state index contributed by atoms with van der Waals surface area (Å²) in [5.41, 5.74) is 3.05. The van der Waals surface area contributed by atoms with Crippen LogP contribution in [0, 0.1) is 5.92 Å². The highest BCUT2D eigenvalue weighted by Gasteiger charge is 2.37. The van der Waals surface area contributed by atoms with E-state index in [0.717, 1.165) is 62.3 Å². The number of aryl methyl sites for hydroxylation is 1. The second kappa shape index (κ2) is 5.58. The number of carbonyl (C=O) groups excluding carboxylic acids is 1. The lowest BCUT2D eigenvalue weighted by molar-refractivity contribution is 0.0593. The molecule has 1 amide bonds. The van der Waals surface area contributed by atoms with Crippen LogP contribution in [0.25, 0.3) is 0 Å². The molecule has 1 saturated heterocycles. The van der Waals surface area contributed by atoms with E-state index in [0.29, 0.717) is 12.5 Å². The number of carbonyl (C=O) groups is 1. The number of amides is 1. The highest BCUT2D eigenvalue weighted by Crippen LogP contribution is 2.35. The fourth-order valence-electron chi connectivity index (χ4n) is 4.83. The van der Waals surface area contributed by atoms with Gasteiger partial charge in [-0.1, -0.05) is 6.07 Å². The minimum Gasteiger partial charge on any atom is -0.338 e. The molecule has 0 spiro atoms. The molecule has 6 heteroatoms. The van der Waals surface area contributed by atoms with Crippen molar-refractivity contribution in [1.82, 2.24) is 19.2 Å². The Kier molecular flexibility index (Phi) is 3.33. The van der Waals surface area contributed by atoms with Crippen LogP contribution in [0.3, 0.4) is 0 Å². The van der Waals surface area contributed by atoms with Crippen LogP contribution in [0.2, 0.25) is 0 Å². The normalized spacial score (nSPS) is 24.6. The van der Waals surface area contributed by atoms with E-state index in [1.165, 1.54) is 0 Å². The molecule has 2 atom stereocenters. The molecule has 25 heavy (non-hydrogen) atoms. The summed E-state index contributed by atoms with van der Waals surface area (Å²) >= 11 is 0. The Morgan fingerprint density at radius 3 is 3.00 bits per heavy atom. The second-order valence-corrected chi connectivity index (χ2v) is 7.59. The van der Waals surface area contributed by atoms with Gasteiger partial charge in [-0.15, -0.1) is 0 Å². The van der Waals surface area contributed by atoms with E-state index in [-0.39, 0.29) is 17.4 Å². The van der Waals surface area contributed by atoms with Crippen molar-refractivity contribution in [3.05, 3.63) is 51.7 Å². The average Bonchev–Trinajstić information content (AvgIpc) is 3.06. The standard InChI is InChI=1S/C19H22N4O2/c24-18-6-3-5-16-14-8-13(11-22(16)18)10-21(12-14)19(25)15-9-20-23-7-2-1-4-17(15)23/h3,5-6,9,13-14H,1-2,4,7-8,10-12H2/t13-,14+/m0/s1. The highest BCUT2D eigenvalue weighted by molar-refractivity contribution is 5.95. The number of rotatable bonds is 1. The maximum atomic E-state index is 13.1. The smallest absolute Gasteiger partial charge is 0.257 e. The van der Waals surface area contributed by atoms with Crippen molar-refractivity contribution in [2.24, 2.45) is 5.92 Å². The van der Waals surface area contributed by atoms with E-state index in [1.54, 1.807) is 12.3 Å². The molecule has 2 bridgehead atoms. The van der Waals surface area contributed by atoms with Crippen LogP contribution < -0.4 is 5.56 Å². The molecule has 3 aliphatic rings. The number of pyridine rings is 1. The number of nitrogens with zero attached hydrogens (tertiary/aromatic N) is 4. The molecule has 130 valence electrons. The minimum absolute atomic E-state index is 0.0812. The van der Waals surface area contributed by atoms with Crippen LogP contribution in [-0.4, -0.2) is 38.2 Å². The summed E-state index contributed by atoms with van der Waals surface area (Å²) in [5, 5.41) is 4.42. The molecule has 2 aromatic heterocycles. The van der Waals surface area contributed by atoms with Gasteiger partial charge in [-0.25, -0.2) is 0 Å². The van der Waals surface area contributed by atoms with E-state index in [9.17, 15) is 9.59 Å². The molecule has 2 aromatic rings. The lowest BCUT2D eigenvalue weighted by Gasteiger charge is -2.42. The zero-order valence-corrected chi connectivity index (χ0v) is 14.2. The van der Waals surface area contributed by atoms with Crippen molar-refractivity contribution in [3.8, 4) is 0 Å². The van der Waals surface area contributed by atoms with E-state index in [4.69, 9.17) is 0 Å². The summed E-state index contributed by atoms with van der Waals surface area (Å²) in [5.74, 6) is 0.739. The second-order valence-electron chi connectivity index (χ2n) is 7.59. The van der Waals surface area contributed by atoms with Crippen molar-refractivity contribution in [2.45, 2.75) is 44.7 Å². The molecule has 0 aliphatic carbocycles. The molecule has 1 fully saturated rings. The van der Waals surface area contributed by atoms with Gasteiger partial charge in [0.25, 0.3) is 11.5 Å². The van der Waals surface area contributed by atoms with Crippen LogP contribution >= 0.6 is 0 Å². The molecule has 0 saturated carbocycles. The molecule has 0 unspecified atom stereocenters. The van der Waals surface area contributed by atoms with Crippen LogP contribution in [0.1, 0.15) is 46.9 Å². The molecule has 0 radical (unpaired) electrons. The van der Waals surface area contributed by atoms with Gasteiger partial charge >= 0.3 is 0 Å². The van der Waals surface area contributed by atoms with Gasteiger partial charge in [0.15, 0.2) is 0 Å². The van der Waals surface area contributed by atoms with Gasteiger partial charge in [0.2, 0.25) is 0 Å². The van der Waals surface area contributed by atoms with Crippen molar-refractivity contribution >= 4 is 5.91 Å². The van der Waals surface area contributed by atoms with Crippen LogP contribution in [0.4, 0.5) is 0 Å². The van der Waals surface area contributed by atoms with Gasteiger partial charge in [-0.2, -0.15) is 5.10 Å². The van der Waals surface area contributed by atoms with E-state index < -0.39 is 0 Å². The average molecular weight is 338 g/mol. The number of piperidine rings is 1. The van der Waals surface area contributed by atoms with Crippen molar-refractivity contribution < 1.29 is 4.79 Å². The van der Waals surface area contributed by atoms with Crippen LogP contribution in [0.15, 0.2) is 29.2 Å².